The van der Waals surface area contributed by atoms with Crippen molar-refractivity contribution in [1.29, 1.82) is 0 Å². The molecule has 0 aliphatic carbocycles. The quantitative estimate of drug-likeness (QED) is 0.740. The molecule has 0 fully saturated rings. The highest BCUT2D eigenvalue weighted by Gasteiger charge is 2.18. The molecule has 2 rings (SSSR count). The number of phenolic OH excluding ortho intramolecular Hbond substituents is 3. The maximum Gasteiger partial charge on any atom is 0.200 e. The molecule has 0 heterocycles. The lowest BCUT2D eigenvalue weighted by molar-refractivity contribution is 0.368. The van der Waals surface area contributed by atoms with E-state index < -0.39 is 5.75 Å². The van der Waals surface area contributed by atoms with Crippen LogP contribution < -0.4 is 0 Å². The number of rotatable bonds is 4. The lowest BCUT2D eigenvalue weighted by Crippen LogP contribution is -1.94. The minimum absolute atomic E-state index is 0.252. The highest BCUT2D eigenvalue weighted by Crippen LogP contribution is 2.45. The van der Waals surface area contributed by atoms with Crippen LogP contribution in [-0.4, -0.2) is 15.3 Å². The summed E-state index contributed by atoms with van der Waals surface area (Å²) >= 11 is 0. The van der Waals surface area contributed by atoms with Gasteiger partial charge in [0, 0.05) is 5.56 Å². The molecule has 0 aromatic heterocycles. The van der Waals surface area contributed by atoms with Crippen LogP contribution in [-0.2, 0) is 19.3 Å². The maximum absolute atomic E-state index is 10.2. The van der Waals surface area contributed by atoms with Crippen LogP contribution in [0.3, 0.4) is 0 Å². The molecule has 0 unspecified atom stereocenters. The number of aromatic hydroxyl groups is 3. The van der Waals surface area contributed by atoms with Gasteiger partial charge in [-0.25, -0.2) is 0 Å². The first kappa shape index (κ1) is 15.2. The third kappa shape index (κ3) is 2.68. The second-order valence-electron chi connectivity index (χ2n) is 5.17. The van der Waals surface area contributed by atoms with Crippen LogP contribution in [0.25, 0.3) is 11.1 Å². The Balaban J connectivity index is 2.69. The molecule has 0 bridgehead atoms. The van der Waals surface area contributed by atoms with Gasteiger partial charge in [-0.3, -0.25) is 0 Å². The number of benzene rings is 2. The van der Waals surface area contributed by atoms with Crippen LogP contribution in [0.15, 0.2) is 24.3 Å². The average molecular weight is 286 g/mol. The largest absolute Gasteiger partial charge is 0.504 e. The molecule has 0 saturated heterocycles. The fraction of sp³-hybridized carbons (Fsp3) is 0.333. The Kier molecular flexibility index (Phi) is 4.41. The Bertz CT molecular complexity index is 660. The van der Waals surface area contributed by atoms with Crippen LogP contribution >= 0.6 is 0 Å². The first-order valence-corrected chi connectivity index (χ1v) is 7.42. The molecule has 2 aromatic carbocycles. The zero-order chi connectivity index (χ0) is 15.6. The van der Waals surface area contributed by atoms with E-state index in [1.807, 2.05) is 13.0 Å². The van der Waals surface area contributed by atoms with Crippen molar-refractivity contribution in [2.24, 2.45) is 0 Å². The van der Waals surface area contributed by atoms with E-state index in [9.17, 15) is 15.3 Å². The van der Waals surface area contributed by atoms with Crippen molar-refractivity contribution >= 4 is 0 Å². The third-order valence-corrected chi connectivity index (χ3v) is 3.97. The van der Waals surface area contributed by atoms with Gasteiger partial charge in [0.15, 0.2) is 11.5 Å². The number of hydrogen-bond donors (Lipinski definition) is 3. The van der Waals surface area contributed by atoms with Crippen LogP contribution in [0.2, 0.25) is 0 Å². The zero-order valence-corrected chi connectivity index (χ0v) is 12.8. The molecule has 0 amide bonds. The average Bonchev–Trinajstić information content (AvgIpc) is 2.51. The van der Waals surface area contributed by atoms with E-state index in [0.29, 0.717) is 12.0 Å². The van der Waals surface area contributed by atoms with Crippen molar-refractivity contribution in [1.82, 2.24) is 0 Å². The van der Waals surface area contributed by atoms with E-state index in [0.717, 1.165) is 24.0 Å². The fourth-order valence-electron chi connectivity index (χ4n) is 2.75. The van der Waals surface area contributed by atoms with Gasteiger partial charge in [0.25, 0.3) is 0 Å². The molecular weight excluding hydrogens is 264 g/mol. The summed E-state index contributed by atoms with van der Waals surface area (Å²) in [6.45, 7) is 6.18. The van der Waals surface area contributed by atoms with Crippen molar-refractivity contribution in [2.45, 2.75) is 40.0 Å². The predicted octanol–water partition coefficient (Wildman–Crippen LogP) is 4.16. The summed E-state index contributed by atoms with van der Waals surface area (Å²) in [6.07, 6.45) is 2.55. The fourth-order valence-corrected chi connectivity index (χ4v) is 2.75. The minimum atomic E-state index is -0.459. The van der Waals surface area contributed by atoms with Crippen LogP contribution in [0.5, 0.6) is 17.2 Å². The summed E-state index contributed by atoms with van der Waals surface area (Å²) in [4.78, 5) is 0. The van der Waals surface area contributed by atoms with Gasteiger partial charge in [-0.05, 0) is 47.6 Å². The molecule has 112 valence electrons. The van der Waals surface area contributed by atoms with Gasteiger partial charge in [0.2, 0.25) is 5.75 Å². The van der Waals surface area contributed by atoms with Crippen molar-refractivity contribution < 1.29 is 15.3 Å². The molecular formula is C18H22O3. The van der Waals surface area contributed by atoms with E-state index in [2.05, 4.69) is 26.0 Å². The van der Waals surface area contributed by atoms with E-state index >= 15 is 0 Å². The van der Waals surface area contributed by atoms with Gasteiger partial charge in [-0.1, -0.05) is 39.0 Å². The van der Waals surface area contributed by atoms with E-state index in [4.69, 9.17) is 0 Å². The summed E-state index contributed by atoms with van der Waals surface area (Å²) in [7, 11) is 0. The Hall–Kier alpha value is -2.16. The molecule has 0 radical (unpaired) electrons. The molecule has 3 N–H and O–H groups in total. The molecule has 0 aliphatic heterocycles. The van der Waals surface area contributed by atoms with Gasteiger partial charge in [0.05, 0.1) is 0 Å². The monoisotopic (exact) mass is 286 g/mol. The third-order valence-electron chi connectivity index (χ3n) is 3.97. The standard InChI is InChI=1S/C18H22O3/c1-4-11-7-8-14(9-12(11)5-2)16-13(6-3)10-15(19)17(20)18(16)21/h7-10,19-21H,4-6H2,1-3H3. The molecule has 0 spiro atoms. The summed E-state index contributed by atoms with van der Waals surface area (Å²) in [6, 6.07) is 7.60. The van der Waals surface area contributed by atoms with Gasteiger partial charge >= 0.3 is 0 Å². The lowest BCUT2D eigenvalue weighted by atomic mass is 9.92. The lowest BCUT2D eigenvalue weighted by Gasteiger charge is -2.15. The second kappa shape index (κ2) is 6.08. The zero-order valence-electron chi connectivity index (χ0n) is 12.8. The van der Waals surface area contributed by atoms with Crippen molar-refractivity contribution in [3.8, 4) is 28.4 Å². The van der Waals surface area contributed by atoms with E-state index in [1.54, 1.807) is 0 Å². The molecule has 0 atom stereocenters. The Morgan fingerprint density at radius 2 is 1.33 bits per heavy atom. The van der Waals surface area contributed by atoms with Gasteiger partial charge in [-0.2, -0.15) is 0 Å². The summed E-state index contributed by atoms with van der Waals surface area (Å²) in [5, 5.41) is 29.7. The van der Waals surface area contributed by atoms with Crippen molar-refractivity contribution in [2.75, 3.05) is 0 Å². The SMILES string of the molecule is CCc1ccc(-c2c(CC)cc(O)c(O)c2O)cc1CC. The first-order valence-electron chi connectivity index (χ1n) is 7.42. The van der Waals surface area contributed by atoms with Crippen molar-refractivity contribution in [3.05, 3.63) is 41.0 Å². The van der Waals surface area contributed by atoms with Crippen LogP contribution in [0.4, 0.5) is 0 Å². The highest BCUT2D eigenvalue weighted by molar-refractivity contribution is 5.79. The summed E-state index contributed by atoms with van der Waals surface area (Å²) in [5.41, 5.74) is 4.82. The predicted molar refractivity (Wildman–Crippen MR) is 85.0 cm³/mol. The topological polar surface area (TPSA) is 60.7 Å². The maximum atomic E-state index is 10.2. The molecule has 3 nitrogen and oxygen atoms in total. The molecule has 21 heavy (non-hydrogen) atoms. The van der Waals surface area contributed by atoms with Crippen molar-refractivity contribution in [3.63, 3.8) is 0 Å². The summed E-state index contributed by atoms with van der Waals surface area (Å²) < 4.78 is 0. The highest BCUT2D eigenvalue weighted by atomic mass is 16.3. The molecule has 2 aromatic rings. The van der Waals surface area contributed by atoms with Crippen LogP contribution in [0, 0.1) is 0 Å². The Morgan fingerprint density at radius 1 is 0.714 bits per heavy atom. The Morgan fingerprint density at radius 3 is 1.90 bits per heavy atom. The van der Waals surface area contributed by atoms with Gasteiger partial charge in [0.1, 0.15) is 0 Å². The van der Waals surface area contributed by atoms with Gasteiger partial charge in [-0.15, -0.1) is 0 Å². The smallest absolute Gasteiger partial charge is 0.200 e. The summed E-state index contributed by atoms with van der Waals surface area (Å²) in [5.74, 6) is -0.994. The van der Waals surface area contributed by atoms with E-state index in [-0.39, 0.29) is 11.5 Å². The molecule has 0 aliphatic rings. The number of phenols is 3. The van der Waals surface area contributed by atoms with Crippen LogP contribution in [0.1, 0.15) is 37.5 Å². The van der Waals surface area contributed by atoms with E-state index in [1.165, 1.54) is 17.2 Å². The van der Waals surface area contributed by atoms with Gasteiger partial charge < -0.3 is 15.3 Å². The number of hydrogen-bond acceptors (Lipinski definition) is 3. The first-order chi connectivity index (χ1) is 10.0. The number of aryl methyl sites for hydroxylation is 3. The Labute approximate surface area is 125 Å². The minimum Gasteiger partial charge on any atom is -0.504 e. The molecule has 3 heteroatoms. The molecule has 0 saturated carbocycles. The normalized spacial score (nSPS) is 10.8. The second-order valence-corrected chi connectivity index (χ2v) is 5.17.